The summed E-state index contributed by atoms with van der Waals surface area (Å²) >= 11 is 0. The molecule has 0 spiro atoms. The van der Waals surface area contributed by atoms with E-state index < -0.39 is 0 Å². The molecule has 2 heteroatoms. The molecule has 0 atom stereocenters. The van der Waals surface area contributed by atoms with Crippen LogP contribution in [0.2, 0.25) is 0 Å². The number of methoxy groups -OCH3 is 1. The first kappa shape index (κ1) is 12.7. The number of hydrogen-bond donors (Lipinski definition) is 0. The molecule has 0 saturated heterocycles. The Bertz CT molecular complexity index is 644. The predicted octanol–water partition coefficient (Wildman–Crippen LogP) is 3.55. The molecule has 100 valence electrons. The molecule has 0 fully saturated rings. The maximum Gasteiger partial charge on any atom is 0.122 e. The van der Waals surface area contributed by atoms with Crippen molar-refractivity contribution in [3.8, 4) is 11.8 Å². The first-order chi connectivity index (χ1) is 9.76. The second-order valence-corrected chi connectivity index (χ2v) is 5.50. The summed E-state index contributed by atoms with van der Waals surface area (Å²) in [6.07, 6.45) is 2.40. The Kier molecular flexibility index (Phi) is 3.20. The van der Waals surface area contributed by atoms with Crippen LogP contribution in [0.1, 0.15) is 16.7 Å². The lowest BCUT2D eigenvalue weighted by Gasteiger charge is -2.21. The van der Waals surface area contributed by atoms with Gasteiger partial charge in [0, 0.05) is 0 Å². The van der Waals surface area contributed by atoms with Crippen molar-refractivity contribution in [1.29, 1.82) is 5.26 Å². The molecule has 0 heterocycles. The van der Waals surface area contributed by atoms with Crippen molar-refractivity contribution in [1.82, 2.24) is 0 Å². The molecule has 20 heavy (non-hydrogen) atoms. The summed E-state index contributed by atoms with van der Waals surface area (Å²) in [5, 5.41) is 9.72. The number of hydrogen-bond acceptors (Lipinski definition) is 2. The third-order valence-corrected chi connectivity index (χ3v) is 4.13. The van der Waals surface area contributed by atoms with Crippen molar-refractivity contribution < 1.29 is 4.74 Å². The zero-order valence-electron chi connectivity index (χ0n) is 11.6. The molecule has 1 aliphatic carbocycles. The lowest BCUT2D eigenvalue weighted by atomic mass is 9.80. The largest absolute Gasteiger partial charge is 0.496 e. The first-order valence-electron chi connectivity index (χ1n) is 6.86. The third-order valence-electron chi connectivity index (χ3n) is 4.13. The second kappa shape index (κ2) is 5.02. The van der Waals surface area contributed by atoms with Crippen LogP contribution in [0.3, 0.4) is 0 Å². The van der Waals surface area contributed by atoms with E-state index in [9.17, 15) is 5.26 Å². The Morgan fingerprint density at radius 3 is 2.25 bits per heavy atom. The fourth-order valence-electron chi connectivity index (χ4n) is 3.15. The summed E-state index contributed by atoms with van der Waals surface area (Å²) in [4.78, 5) is 0. The van der Waals surface area contributed by atoms with E-state index in [1.165, 1.54) is 11.1 Å². The van der Waals surface area contributed by atoms with Crippen molar-refractivity contribution in [2.75, 3.05) is 7.11 Å². The minimum Gasteiger partial charge on any atom is -0.496 e. The number of para-hydroxylation sites is 1. The van der Waals surface area contributed by atoms with Crippen LogP contribution in [0.5, 0.6) is 5.75 Å². The Hall–Kier alpha value is -2.27. The number of nitrogens with zero attached hydrogens (tertiary/aromatic N) is 1. The highest BCUT2D eigenvalue weighted by molar-refractivity contribution is 5.41. The minimum absolute atomic E-state index is 0.335. The molecule has 0 amide bonds. The number of rotatable bonds is 3. The lowest BCUT2D eigenvalue weighted by Crippen LogP contribution is -2.22. The molecule has 3 rings (SSSR count). The Labute approximate surface area is 119 Å². The fraction of sp³-hybridized carbons (Fsp3) is 0.278. The maximum absolute atomic E-state index is 9.72. The van der Waals surface area contributed by atoms with Crippen LogP contribution in [-0.2, 0) is 19.3 Å². The van der Waals surface area contributed by atoms with Crippen molar-refractivity contribution in [3.63, 3.8) is 0 Å². The molecule has 1 aliphatic rings. The van der Waals surface area contributed by atoms with Gasteiger partial charge in [0.05, 0.1) is 18.6 Å². The fourth-order valence-corrected chi connectivity index (χ4v) is 3.15. The van der Waals surface area contributed by atoms with Gasteiger partial charge >= 0.3 is 0 Å². The average molecular weight is 263 g/mol. The average Bonchev–Trinajstić information content (AvgIpc) is 2.86. The zero-order chi connectivity index (χ0) is 14.0. The molecule has 2 aromatic carbocycles. The highest BCUT2D eigenvalue weighted by atomic mass is 16.5. The van der Waals surface area contributed by atoms with E-state index in [-0.39, 0.29) is 5.41 Å². The van der Waals surface area contributed by atoms with E-state index in [2.05, 4.69) is 36.4 Å². The molecule has 2 nitrogen and oxygen atoms in total. The summed E-state index contributed by atoms with van der Waals surface area (Å²) in [5.74, 6) is 0.873. The molecule has 0 aliphatic heterocycles. The van der Waals surface area contributed by atoms with Gasteiger partial charge in [-0.3, -0.25) is 0 Å². The van der Waals surface area contributed by atoms with Crippen LogP contribution in [0, 0.1) is 16.7 Å². The summed E-state index contributed by atoms with van der Waals surface area (Å²) in [6, 6.07) is 18.9. The lowest BCUT2D eigenvalue weighted by molar-refractivity contribution is 0.383. The van der Waals surface area contributed by atoms with Gasteiger partial charge in [-0.2, -0.15) is 5.26 Å². The zero-order valence-corrected chi connectivity index (χ0v) is 11.6. The Balaban J connectivity index is 1.92. The minimum atomic E-state index is -0.335. The molecule has 0 N–H and O–H groups in total. The molecule has 0 saturated carbocycles. The second-order valence-electron chi connectivity index (χ2n) is 5.50. The van der Waals surface area contributed by atoms with Gasteiger partial charge in [0.1, 0.15) is 5.75 Å². The summed E-state index contributed by atoms with van der Waals surface area (Å²) in [6.45, 7) is 0. The van der Waals surface area contributed by atoms with E-state index in [0.717, 1.165) is 30.6 Å². The number of nitriles is 1. The van der Waals surface area contributed by atoms with Crippen molar-refractivity contribution in [3.05, 3.63) is 65.2 Å². The van der Waals surface area contributed by atoms with Gasteiger partial charge in [-0.1, -0.05) is 42.5 Å². The van der Waals surface area contributed by atoms with Crippen LogP contribution in [0.25, 0.3) is 0 Å². The molecule has 2 aromatic rings. The van der Waals surface area contributed by atoms with Gasteiger partial charge < -0.3 is 4.74 Å². The first-order valence-corrected chi connectivity index (χ1v) is 6.86. The summed E-state index contributed by atoms with van der Waals surface area (Å²) in [5.41, 5.74) is 3.40. The summed E-state index contributed by atoms with van der Waals surface area (Å²) in [7, 11) is 1.68. The maximum atomic E-state index is 9.72. The number of ether oxygens (including phenoxy) is 1. The van der Waals surface area contributed by atoms with Gasteiger partial charge in [0.15, 0.2) is 0 Å². The van der Waals surface area contributed by atoms with Gasteiger partial charge in [0.25, 0.3) is 0 Å². The predicted molar refractivity (Wildman–Crippen MR) is 78.6 cm³/mol. The normalized spacial score (nSPS) is 15.4. The topological polar surface area (TPSA) is 33.0 Å². The van der Waals surface area contributed by atoms with Crippen LogP contribution in [-0.4, -0.2) is 7.11 Å². The van der Waals surface area contributed by atoms with Crippen LogP contribution in [0.4, 0.5) is 0 Å². The van der Waals surface area contributed by atoms with Crippen LogP contribution < -0.4 is 4.74 Å². The molecule has 0 radical (unpaired) electrons. The third kappa shape index (κ3) is 2.16. The quantitative estimate of drug-likeness (QED) is 0.848. The number of fused-ring (bicyclic) bond motifs is 1. The van der Waals surface area contributed by atoms with E-state index in [1.807, 2.05) is 18.2 Å². The Morgan fingerprint density at radius 1 is 1.05 bits per heavy atom. The van der Waals surface area contributed by atoms with Gasteiger partial charge in [-0.25, -0.2) is 0 Å². The molecule has 0 unspecified atom stereocenters. The highest BCUT2D eigenvalue weighted by Crippen LogP contribution is 2.40. The van der Waals surface area contributed by atoms with Gasteiger partial charge in [-0.05, 0) is 42.0 Å². The van der Waals surface area contributed by atoms with Gasteiger partial charge in [0.2, 0.25) is 0 Å². The standard InChI is InChI=1S/C18H17NO/c1-20-17-9-5-4-8-16(17)12-18(13-19)10-14-6-2-3-7-15(14)11-18/h2-9H,10-12H2,1H3. The van der Waals surface area contributed by atoms with E-state index in [4.69, 9.17) is 4.74 Å². The SMILES string of the molecule is COc1ccccc1CC1(C#N)Cc2ccccc2C1. The molecule has 0 bridgehead atoms. The molecular formula is C18H17NO. The summed E-state index contributed by atoms with van der Waals surface area (Å²) < 4.78 is 5.41. The van der Waals surface area contributed by atoms with E-state index in [0.29, 0.717) is 0 Å². The van der Waals surface area contributed by atoms with Crippen LogP contribution in [0.15, 0.2) is 48.5 Å². The smallest absolute Gasteiger partial charge is 0.122 e. The van der Waals surface area contributed by atoms with Crippen molar-refractivity contribution >= 4 is 0 Å². The van der Waals surface area contributed by atoms with E-state index in [1.54, 1.807) is 7.11 Å². The monoisotopic (exact) mass is 263 g/mol. The Morgan fingerprint density at radius 2 is 1.65 bits per heavy atom. The molecular weight excluding hydrogens is 246 g/mol. The van der Waals surface area contributed by atoms with Crippen molar-refractivity contribution in [2.45, 2.75) is 19.3 Å². The molecule has 0 aromatic heterocycles. The van der Waals surface area contributed by atoms with E-state index >= 15 is 0 Å². The van der Waals surface area contributed by atoms with Crippen molar-refractivity contribution in [2.24, 2.45) is 5.41 Å². The van der Waals surface area contributed by atoms with Crippen LogP contribution >= 0.6 is 0 Å². The number of benzene rings is 2. The highest BCUT2D eigenvalue weighted by Gasteiger charge is 2.38. The van der Waals surface area contributed by atoms with Gasteiger partial charge in [-0.15, -0.1) is 0 Å².